The summed E-state index contributed by atoms with van der Waals surface area (Å²) < 4.78 is 0. The summed E-state index contributed by atoms with van der Waals surface area (Å²) in [6.07, 6.45) is 2.43. The number of nitrogens with zero attached hydrogens (tertiary/aromatic N) is 4. The molecule has 0 bridgehead atoms. The molecule has 0 saturated carbocycles. The number of halogens is 2. The van der Waals surface area contributed by atoms with Crippen molar-refractivity contribution in [2.45, 2.75) is 38.4 Å². The number of amides is 2. The van der Waals surface area contributed by atoms with E-state index in [1.54, 1.807) is 18.3 Å². The molecule has 6 rings (SSSR count). The molecule has 8 nitrogen and oxygen atoms in total. The van der Waals surface area contributed by atoms with Gasteiger partial charge >= 0.3 is 0 Å². The standard InChI is InChI=1S/C26H26Cl2N6O2/c1-15-12-26(2)18(14-33(15)24(35)21-11-17-20(30-21)7-6-19(27)22(17)28)23-25(36)32(9-10-34(23)31-26)13-16-5-3-4-8-29-16/h3-8,11,15,30-31H,9-10,12-14H2,1-2H3/t15-,26?/m1/s1. The number of likely N-dealkylation sites (tertiary alicyclic amines) is 1. The van der Waals surface area contributed by atoms with E-state index in [2.05, 4.69) is 22.3 Å². The number of carbonyl (C=O) groups excluding carboxylic acids is 2. The van der Waals surface area contributed by atoms with Crippen molar-refractivity contribution < 1.29 is 9.59 Å². The molecule has 2 amide bonds. The molecule has 0 radical (unpaired) electrons. The summed E-state index contributed by atoms with van der Waals surface area (Å²) >= 11 is 12.5. The Morgan fingerprint density at radius 3 is 2.83 bits per heavy atom. The summed E-state index contributed by atoms with van der Waals surface area (Å²) in [5.41, 5.74) is 6.83. The van der Waals surface area contributed by atoms with Gasteiger partial charge in [-0.2, -0.15) is 0 Å². The SMILES string of the molecule is C[C@@H]1CC2(C)NN3CCN(Cc4ccccn4)C(=O)C3=C2CN1C(=O)c1cc2c(Cl)c(Cl)ccc2[nH]1. The summed E-state index contributed by atoms with van der Waals surface area (Å²) in [6.45, 7) is 6.27. The number of piperidine rings is 1. The molecular formula is C26H26Cl2N6O2. The molecule has 186 valence electrons. The van der Waals surface area contributed by atoms with E-state index in [0.717, 1.165) is 16.8 Å². The fourth-order valence-electron chi connectivity index (χ4n) is 5.70. The molecule has 1 unspecified atom stereocenters. The van der Waals surface area contributed by atoms with Gasteiger partial charge in [-0.1, -0.05) is 29.3 Å². The fourth-order valence-corrected chi connectivity index (χ4v) is 6.08. The maximum Gasteiger partial charge on any atom is 0.272 e. The molecule has 2 saturated heterocycles. The Bertz CT molecular complexity index is 1420. The molecule has 1 aromatic carbocycles. The number of aromatic amines is 1. The third kappa shape index (κ3) is 3.67. The molecule has 2 fully saturated rings. The summed E-state index contributed by atoms with van der Waals surface area (Å²) in [6, 6.07) is 11.0. The van der Waals surface area contributed by atoms with Crippen LogP contribution >= 0.6 is 23.2 Å². The monoisotopic (exact) mass is 524 g/mol. The van der Waals surface area contributed by atoms with Crippen molar-refractivity contribution in [3.63, 3.8) is 0 Å². The van der Waals surface area contributed by atoms with E-state index in [9.17, 15) is 9.59 Å². The van der Waals surface area contributed by atoms with E-state index in [-0.39, 0.29) is 23.4 Å². The van der Waals surface area contributed by atoms with Crippen LogP contribution in [0.25, 0.3) is 10.9 Å². The molecule has 5 heterocycles. The highest BCUT2D eigenvalue weighted by atomic mass is 35.5. The van der Waals surface area contributed by atoms with Crippen LogP contribution in [0.2, 0.25) is 10.0 Å². The average Bonchev–Trinajstić information content (AvgIpc) is 3.42. The molecule has 3 aromatic rings. The number of H-pyrrole nitrogens is 1. The number of carbonyl (C=O) groups is 2. The highest BCUT2D eigenvalue weighted by Gasteiger charge is 2.51. The summed E-state index contributed by atoms with van der Waals surface area (Å²) in [7, 11) is 0. The highest BCUT2D eigenvalue weighted by Crippen LogP contribution is 2.41. The van der Waals surface area contributed by atoms with Crippen LogP contribution in [-0.2, 0) is 11.3 Å². The molecule has 0 spiro atoms. The van der Waals surface area contributed by atoms with Gasteiger partial charge in [-0.25, -0.2) is 5.43 Å². The predicted molar refractivity (Wildman–Crippen MR) is 138 cm³/mol. The van der Waals surface area contributed by atoms with Crippen LogP contribution in [0.3, 0.4) is 0 Å². The lowest BCUT2D eigenvalue weighted by Crippen LogP contribution is -2.57. The van der Waals surface area contributed by atoms with E-state index < -0.39 is 0 Å². The van der Waals surface area contributed by atoms with Crippen molar-refractivity contribution >= 4 is 45.9 Å². The molecule has 3 aliphatic heterocycles. The summed E-state index contributed by atoms with van der Waals surface area (Å²) in [4.78, 5) is 38.6. The van der Waals surface area contributed by atoms with Gasteiger partial charge in [0.05, 0.1) is 34.4 Å². The van der Waals surface area contributed by atoms with Crippen LogP contribution in [0.4, 0.5) is 0 Å². The van der Waals surface area contributed by atoms with Crippen molar-refractivity contribution in [3.8, 4) is 0 Å². The number of hydrogen-bond acceptors (Lipinski definition) is 5. The molecule has 2 N–H and O–H groups in total. The second kappa shape index (κ2) is 8.50. The van der Waals surface area contributed by atoms with Crippen LogP contribution in [0.5, 0.6) is 0 Å². The van der Waals surface area contributed by atoms with Gasteiger partial charge in [0.2, 0.25) is 0 Å². The number of pyridine rings is 1. The van der Waals surface area contributed by atoms with E-state index in [1.165, 1.54) is 0 Å². The largest absolute Gasteiger partial charge is 0.350 e. The molecule has 10 heteroatoms. The van der Waals surface area contributed by atoms with Gasteiger partial charge in [0, 0.05) is 41.8 Å². The van der Waals surface area contributed by atoms with Crippen LogP contribution < -0.4 is 5.43 Å². The van der Waals surface area contributed by atoms with Gasteiger partial charge < -0.3 is 19.8 Å². The fraction of sp³-hybridized carbons (Fsp3) is 0.346. The third-order valence-corrected chi connectivity index (χ3v) is 8.33. The van der Waals surface area contributed by atoms with E-state index in [0.29, 0.717) is 59.4 Å². The number of hydrazine groups is 1. The topological polar surface area (TPSA) is 84.6 Å². The molecule has 3 aliphatic rings. The molecule has 0 aliphatic carbocycles. The van der Waals surface area contributed by atoms with Gasteiger partial charge in [0.1, 0.15) is 11.4 Å². The van der Waals surface area contributed by atoms with Crippen LogP contribution in [0, 0.1) is 0 Å². The first-order chi connectivity index (χ1) is 17.2. The number of benzene rings is 1. The number of rotatable bonds is 3. The van der Waals surface area contributed by atoms with Gasteiger partial charge in [-0.15, -0.1) is 0 Å². The van der Waals surface area contributed by atoms with Crippen molar-refractivity contribution in [1.29, 1.82) is 0 Å². The minimum atomic E-state index is -0.389. The Labute approximate surface area is 218 Å². The maximum atomic E-state index is 13.7. The quantitative estimate of drug-likeness (QED) is 0.541. The number of piperazine rings is 1. The minimum Gasteiger partial charge on any atom is -0.350 e. The van der Waals surface area contributed by atoms with Crippen molar-refractivity contribution in [3.05, 3.63) is 75.3 Å². The van der Waals surface area contributed by atoms with Gasteiger partial charge in [-0.05, 0) is 50.6 Å². The minimum absolute atomic E-state index is 0.0351. The lowest BCUT2D eigenvalue weighted by atomic mass is 9.81. The Hall–Kier alpha value is -3.07. The Morgan fingerprint density at radius 2 is 2.06 bits per heavy atom. The van der Waals surface area contributed by atoms with Crippen molar-refractivity contribution in [2.24, 2.45) is 0 Å². The third-order valence-electron chi connectivity index (χ3n) is 7.51. The summed E-state index contributed by atoms with van der Waals surface area (Å²) in [5.74, 6) is -0.166. The van der Waals surface area contributed by atoms with Gasteiger partial charge in [0.25, 0.3) is 11.8 Å². The van der Waals surface area contributed by atoms with Crippen molar-refractivity contribution in [2.75, 3.05) is 19.6 Å². The number of nitrogens with one attached hydrogen (secondary N) is 2. The Kier molecular flexibility index (Phi) is 5.51. The number of aromatic nitrogens is 2. The zero-order valence-corrected chi connectivity index (χ0v) is 21.5. The lowest BCUT2D eigenvalue weighted by molar-refractivity contribution is -0.132. The molecule has 2 atom stereocenters. The molecule has 2 aromatic heterocycles. The summed E-state index contributed by atoms with van der Waals surface area (Å²) in [5, 5.41) is 3.55. The lowest BCUT2D eigenvalue weighted by Gasteiger charge is -2.43. The molecular weight excluding hydrogens is 499 g/mol. The second-order valence-electron chi connectivity index (χ2n) is 9.96. The average molecular weight is 525 g/mol. The number of fused-ring (bicyclic) bond motifs is 3. The normalized spacial score (nSPS) is 23.9. The van der Waals surface area contributed by atoms with Crippen molar-refractivity contribution in [1.82, 2.24) is 30.2 Å². The first-order valence-corrected chi connectivity index (χ1v) is 12.8. The van der Waals surface area contributed by atoms with Crippen LogP contribution in [0.15, 0.2) is 53.9 Å². The predicted octanol–water partition coefficient (Wildman–Crippen LogP) is 3.98. The van der Waals surface area contributed by atoms with E-state index in [1.807, 2.05) is 46.0 Å². The zero-order chi connectivity index (χ0) is 25.2. The van der Waals surface area contributed by atoms with Crippen LogP contribution in [-0.4, -0.2) is 67.8 Å². The first-order valence-electron chi connectivity index (χ1n) is 12.0. The molecule has 36 heavy (non-hydrogen) atoms. The first kappa shape index (κ1) is 23.3. The Balaban J connectivity index is 1.32. The second-order valence-corrected chi connectivity index (χ2v) is 10.7. The maximum absolute atomic E-state index is 13.7. The van der Waals surface area contributed by atoms with Gasteiger partial charge in [0.15, 0.2) is 0 Å². The van der Waals surface area contributed by atoms with Gasteiger partial charge in [-0.3, -0.25) is 14.6 Å². The smallest absolute Gasteiger partial charge is 0.272 e. The Morgan fingerprint density at radius 1 is 1.22 bits per heavy atom. The van der Waals surface area contributed by atoms with E-state index >= 15 is 0 Å². The van der Waals surface area contributed by atoms with E-state index in [4.69, 9.17) is 23.2 Å². The highest BCUT2D eigenvalue weighted by molar-refractivity contribution is 6.45. The number of hydrogen-bond donors (Lipinski definition) is 2. The zero-order valence-electron chi connectivity index (χ0n) is 20.0. The van der Waals surface area contributed by atoms with Crippen LogP contribution in [0.1, 0.15) is 36.5 Å².